The Morgan fingerprint density at radius 3 is 2.13 bits per heavy atom. The van der Waals surface area contributed by atoms with Crippen molar-refractivity contribution in [3.63, 3.8) is 0 Å². The van der Waals surface area contributed by atoms with Gasteiger partial charge in [-0.3, -0.25) is 0 Å². The fraction of sp³-hybridized carbons (Fsp3) is 0.385. The summed E-state index contributed by atoms with van der Waals surface area (Å²) in [6, 6.07) is 5.76. The molecule has 0 aliphatic rings. The molecule has 0 saturated heterocycles. The molecule has 1 aromatic rings. The number of amides is 1. The Labute approximate surface area is 165 Å². The Morgan fingerprint density at radius 1 is 1.22 bits per heavy atom. The molecular weight excluding hydrogens is 564 g/mol. The zero-order valence-electron chi connectivity index (χ0n) is 12.8. The van der Waals surface area contributed by atoms with Crippen LogP contribution in [0.3, 0.4) is 0 Å². The van der Waals surface area contributed by atoms with Crippen LogP contribution in [0.25, 0.3) is 0 Å². The third-order valence-electron chi connectivity index (χ3n) is 2.70. The first-order valence-electron chi connectivity index (χ1n) is 6.59. The fourth-order valence-corrected chi connectivity index (χ4v) is 4.73. The lowest BCUT2D eigenvalue weighted by Crippen LogP contribution is -2.39. The number of nitrogens with zero attached hydrogens (tertiary/aromatic N) is 1. The van der Waals surface area contributed by atoms with Crippen LogP contribution in [-0.4, -0.2) is 39.5 Å². The number of benzene rings is 1. The van der Waals surface area contributed by atoms with Crippen molar-refractivity contribution < 1.29 is 23.1 Å². The summed E-state index contributed by atoms with van der Waals surface area (Å²) in [5, 5.41) is 8.85. The molecule has 0 radical (unpaired) electrons. The zero-order chi connectivity index (χ0) is 17.8. The van der Waals surface area contributed by atoms with Gasteiger partial charge in [-0.1, -0.05) is 19.6 Å². The lowest BCUT2D eigenvalue weighted by molar-refractivity contribution is 0.203. The van der Waals surface area contributed by atoms with Gasteiger partial charge in [-0.05, 0) is 69.4 Å². The quantitative estimate of drug-likeness (QED) is 0.333. The number of hydrogen-bond acceptors (Lipinski definition) is 4. The predicted molar refractivity (Wildman–Crippen MR) is 110 cm³/mol. The Balaban J connectivity index is 3.19. The van der Waals surface area contributed by atoms with Crippen molar-refractivity contribution in [2.24, 2.45) is 0 Å². The van der Waals surface area contributed by atoms with Crippen LogP contribution in [0.2, 0.25) is 25.7 Å². The van der Waals surface area contributed by atoms with E-state index in [-0.39, 0.29) is 12.3 Å². The summed E-state index contributed by atoms with van der Waals surface area (Å²) in [6.45, 7) is 6.55. The van der Waals surface area contributed by atoms with Gasteiger partial charge in [0.1, 0.15) is 0 Å². The first-order chi connectivity index (χ1) is 10.5. The standard InChI is InChI=1S/C13H17I2NO5SSi/c1-23(2,3)5-4-21-13(22(19)20)16(12(17)18)11-7-9(14)6-10(15)8-11/h6-8H,4-5H2,1-3H3,(H,17,18). The Bertz CT molecular complexity index is 702. The third-order valence-corrected chi connectivity index (χ3v) is 6.23. The molecule has 10 heteroatoms. The van der Waals surface area contributed by atoms with E-state index in [1.54, 1.807) is 12.1 Å². The maximum Gasteiger partial charge on any atom is 0.418 e. The van der Waals surface area contributed by atoms with E-state index in [0.717, 1.165) is 13.2 Å². The zero-order valence-corrected chi connectivity index (χ0v) is 19.0. The summed E-state index contributed by atoms with van der Waals surface area (Å²) in [5.74, 6) is 0. The number of halogens is 2. The van der Waals surface area contributed by atoms with E-state index in [1.165, 1.54) is 0 Å². The van der Waals surface area contributed by atoms with E-state index in [0.29, 0.717) is 4.90 Å². The van der Waals surface area contributed by atoms with E-state index >= 15 is 0 Å². The lowest BCUT2D eigenvalue weighted by atomic mass is 10.3. The molecule has 0 unspecified atom stereocenters. The Kier molecular flexibility index (Phi) is 7.96. The summed E-state index contributed by atoms with van der Waals surface area (Å²) in [7, 11) is -4.22. The van der Waals surface area contributed by atoms with Gasteiger partial charge in [0.05, 0.1) is 12.3 Å². The summed E-state index contributed by atoms with van der Waals surface area (Å²) >= 11 is 4.09. The molecule has 0 aliphatic carbocycles. The molecule has 0 spiro atoms. The topological polar surface area (TPSA) is 83.9 Å². The summed E-state index contributed by atoms with van der Waals surface area (Å²) < 4.78 is 29.9. The normalized spacial score (nSPS) is 11.2. The minimum Gasteiger partial charge on any atom is -0.464 e. The molecule has 1 rings (SSSR count). The molecule has 0 aliphatic heterocycles. The highest BCUT2D eigenvalue weighted by molar-refractivity contribution is 14.1. The fourth-order valence-electron chi connectivity index (χ4n) is 1.59. The van der Waals surface area contributed by atoms with E-state index in [1.807, 2.05) is 51.2 Å². The smallest absolute Gasteiger partial charge is 0.418 e. The van der Waals surface area contributed by atoms with E-state index in [9.17, 15) is 18.3 Å². The van der Waals surface area contributed by atoms with Crippen LogP contribution in [0.5, 0.6) is 0 Å². The first-order valence-corrected chi connectivity index (χ1v) is 13.5. The molecule has 1 N–H and O–H groups in total. The second kappa shape index (κ2) is 8.78. The van der Waals surface area contributed by atoms with Crippen molar-refractivity contribution >= 4 is 80.5 Å². The van der Waals surface area contributed by atoms with Gasteiger partial charge in [-0.2, -0.15) is 8.42 Å². The van der Waals surface area contributed by atoms with Crippen LogP contribution in [0.15, 0.2) is 18.2 Å². The van der Waals surface area contributed by atoms with Crippen LogP contribution in [-0.2, 0) is 15.0 Å². The van der Waals surface area contributed by atoms with E-state index in [2.05, 4.69) is 19.6 Å². The molecule has 128 valence electrons. The Morgan fingerprint density at radius 2 is 1.74 bits per heavy atom. The van der Waals surface area contributed by atoms with Gasteiger partial charge in [-0.15, -0.1) is 0 Å². The largest absolute Gasteiger partial charge is 0.464 e. The van der Waals surface area contributed by atoms with E-state index < -0.39 is 29.6 Å². The Hall–Kier alpha value is -0.183. The minimum absolute atomic E-state index is 0.170. The summed E-state index contributed by atoms with van der Waals surface area (Å²) in [6.07, 6.45) is -1.41. The average molecular weight is 581 g/mol. The third kappa shape index (κ3) is 7.07. The molecule has 1 aromatic carbocycles. The molecule has 0 atom stereocenters. The summed E-state index contributed by atoms with van der Waals surface area (Å²) in [5.41, 5.74) is 0.237. The number of anilines is 1. The minimum atomic E-state index is -2.80. The molecule has 6 nitrogen and oxygen atoms in total. The molecule has 1 amide bonds. The van der Waals surface area contributed by atoms with Crippen LogP contribution in [0, 0.1) is 7.14 Å². The van der Waals surface area contributed by atoms with Gasteiger partial charge in [0, 0.05) is 15.2 Å². The molecule has 0 bridgehead atoms. The van der Waals surface area contributed by atoms with Crippen LogP contribution in [0.4, 0.5) is 10.5 Å². The number of hydrogen-bond donors (Lipinski definition) is 1. The van der Waals surface area contributed by atoms with Gasteiger partial charge in [-0.25, -0.2) is 9.69 Å². The molecule has 0 aromatic heterocycles. The number of carboxylic acid groups (broad SMARTS) is 1. The number of ether oxygens (including phenoxy) is 1. The van der Waals surface area contributed by atoms with Gasteiger partial charge in [0.15, 0.2) is 0 Å². The SMILES string of the molecule is C[Si](C)(C)CCOC(N(C(=O)O)c1cc(I)cc(I)c1)=S(=O)=O. The van der Waals surface area contributed by atoms with Crippen molar-refractivity contribution in [3.05, 3.63) is 25.3 Å². The maximum atomic E-state index is 11.6. The predicted octanol–water partition coefficient (Wildman–Crippen LogP) is 3.70. The van der Waals surface area contributed by atoms with Gasteiger partial charge < -0.3 is 9.84 Å². The van der Waals surface area contributed by atoms with Crippen molar-refractivity contribution in [2.45, 2.75) is 25.7 Å². The second-order valence-corrected chi connectivity index (χ2v) is 14.8. The number of carbonyl (C=O) groups is 1. The van der Waals surface area contributed by atoms with Crippen LogP contribution in [0.1, 0.15) is 0 Å². The lowest BCUT2D eigenvalue weighted by Gasteiger charge is -2.21. The highest BCUT2D eigenvalue weighted by Crippen LogP contribution is 2.23. The van der Waals surface area contributed by atoms with Gasteiger partial charge in [0.25, 0.3) is 15.5 Å². The van der Waals surface area contributed by atoms with Crippen molar-refractivity contribution in [2.75, 3.05) is 11.5 Å². The molecule has 0 heterocycles. The summed E-state index contributed by atoms with van der Waals surface area (Å²) in [4.78, 5) is 12.2. The van der Waals surface area contributed by atoms with Gasteiger partial charge >= 0.3 is 6.09 Å². The highest BCUT2D eigenvalue weighted by atomic mass is 127. The van der Waals surface area contributed by atoms with Gasteiger partial charge in [0.2, 0.25) is 0 Å². The molecule has 23 heavy (non-hydrogen) atoms. The molecule has 0 saturated carbocycles. The first kappa shape index (κ1) is 20.9. The highest BCUT2D eigenvalue weighted by Gasteiger charge is 2.25. The number of rotatable bonds is 4. The van der Waals surface area contributed by atoms with Crippen LogP contribution >= 0.6 is 45.2 Å². The van der Waals surface area contributed by atoms with Crippen molar-refractivity contribution in [1.82, 2.24) is 0 Å². The average Bonchev–Trinajstić information content (AvgIpc) is 2.34. The van der Waals surface area contributed by atoms with Crippen molar-refractivity contribution in [3.8, 4) is 0 Å². The molecule has 0 fully saturated rings. The molecular formula is C13H17I2NO5SSi. The van der Waals surface area contributed by atoms with Crippen LogP contribution < -0.4 is 4.90 Å². The van der Waals surface area contributed by atoms with Crippen molar-refractivity contribution in [1.29, 1.82) is 0 Å². The maximum absolute atomic E-state index is 11.6. The second-order valence-electron chi connectivity index (χ2n) is 5.91. The van der Waals surface area contributed by atoms with E-state index in [4.69, 9.17) is 4.74 Å². The monoisotopic (exact) mass is 581 g/mol.